The van der Waals surface area contributed by atoms with Gasteiger partial charge in [-0.15, -0.1) is 24.0 Å². The molecular formula is C24H35IN4O. The number of aliphatic imine (C=N–C) groups is 1. The monoisotopic (exact) mass is 522 g/mol. The van der Waals surface area contributed by atoms with Gasteiger partial charge in [0.15, 0.2) is 5.96 Å². The Morgan fingerprint density at radius 2 is 1.87 bits per heavy atom. The van der Waals surface area contributed by atoms with Crippen molar-refractivity contribution >= 4 is 35.6 Å². The Kier molecular flexibility index (Phi) is 10.3. The fourth-order valence-corrected chi connectivity index (χ4v) is 3.75. The Balaban J connectivity index is 0.00000320. The van der Waals surface area contributed by atoms with Crippen molar-refractivity contribution in [3.05, 3.63) is 59.7 Å². The Bertz CT molecular complexity index is 789. The summed E-state index contributed by atoms with van der Waals surface area (Å²) in [5, 5.41) is 7.03. The average Bonchev–Trinajstić information content (AvgIpc) is 2.76. The van der Waals surface area contributed by atoms with Crippen molar-refractivity contribution in [1.29, 1.82) is 0 Å². The van der Waals surface area contributed by atoms with Crippen molar-refractivity contribution in [2.45, 2.75) is 39.2 Å². The molecule has 0 saturated carbocycles. The summed E-state index contributed by atoms with van der Waals surface area (Å²) in [5.74, 6) is 1.87. The quantitative estimate of drug-likeness (QED) is 0.322. The van der Waals surface area contributed by atoms with Crippen LogP contribution < -0.4 is 20.3 Å². The topological polar surface area (TPSA) is 48.9 Å². The maximum atomic E-state index is 5.43. The molecule has 1 saturated heterocycles. The highest BCUT2D eigenvalue weighted by Crippen LogP contribution is 2.20. The van der Waals surface area contributed by atoms with Crippen LogP contribution in [-0.4, -0.2) is 45.3 Å². The number of rotatable bonds is 7. The van der Waals surface area contributed by atoms with E-state index in [-0.39, 0.29) is 24.0 Å². The second-order valence-electron chi connectivity index (χ2n) is 7.56. The first-order valence-electron chi connectivity index (χ1n) is 10.7. The SMILES string of the molecule is CCNC(=NCCc1ccc(C)c(OC)c1)NC1CCN(c2ccccc2)CC1.I. The third-order valence-corrected chi connectivity index (χ3v) is 5.44. The van der Waals surface area contributed by atoms with Gasteiger partial charge in [-0.1, -0.05) is 30.3 Å². The van der Waals surface area contributed by atoms with Crippen molar-refractivity contribution in [2.75, 3.05) is 38.2 Å². The highest BCUT2D eigenvalue weighted by molar-refractivity contribution is 14.0. The molecule has 0 unspecified atom stereocenters. The second kappa shape index (κ2) is 12.7. The number of hydrogen-bond donors (Lipinski definition) is 2. The van der Waals surface area contributed by atoms with Crippen molar-refractivity contribution in [2.24, 2.45) is 4.99 Å². The average molecular weight is 522 g/mol. The summed E-state index contributed by atoms with van der Waals surface area (Å²) in [4.78, 5) is 7.26. The van der Waals surface area contributed by atoms with Gasteiger partial charge in [0, 0.05) is 37.9 Å². The van der Waals surface area contributed by atoms with Crippen LogP contribution >= 0.6 is 24.0 Å². The molecule has 1 fully saturated rings. The van der Waals surface area contributed by atoms with E-state index in [1.807, 2.05) is 0 Å². The molecule has 0 amide bonds. The Labute approximate surface area is 198 Å². The number of anilines is 1. The molecule has 0 atom stereocenters. The number of aryl methyl sites for hydroxylation is 1. The summed E-state index contributed by atoms with van der Waals surface area (Å²) in [5.41, 5.74) is 3.74. The molecule has 0 aromatic heterocycles. The number of hydrogen-bond acceptors (Lipinski definition) is 3. The van der Waals surface area contributed by atoms with E-state index in [1.165, 1.54) is 11.3 Å². The first kappa shape index (κ1) is 24.3. The molecule has 164 valence electrons. The number of piperidine rings is 1. The molecule has 1 aliphatic rings. The fourth-order valence-electron chi connectivity index (χ4n) is 3.75. The number of para-hydroxylation sites is 1. The highest BCUT2D eigenvalue weighted by Gasteiger charge is 2.20. The minimum atomic E-state index is 0. The number of ether oxygens (including phenoxy) is 1. The molecule has 0 radical (unpaired) electrons. The zero-order valence-corrected chi connectivity index (χ0v) is 20.7. The lowest BCUT2D eigenvalue weighted by Gasteiger charge is -2.34. The van der Waals surface area contributed by atoms with Crippen LogP contribution in [0.1, 0.15) is 30.9 Å². The van der Waals surface area contributed by atoms with Gasteiger partial charge >= 0.3 is 0 Å². The molecule has 5 nitrogen and oxygen atoms in total. The molecule has 1 heterocycles. The third kappa shape index (κ3) is 7.07. The van der Waals surface area contributed by atoms with Gasteiger partial charge in [0.2, 0.25) is 0 Å². The number of nitrogens with zero attached hydrogens (tertiary/aromatic N) is 2. The lowest BCUT2D eigenvalue weighted by molar-refractivity contribution is 0.411. The number of guanidine groups is 1. The Morgan fingerprint density at radius 3 is 2.53 bits per heavy atom. The molecule has 6 heteroatoms. The second-order valence-corrected chi connectivity index (χ2v) is 7.56. The van der Waals surface area contributed by atoms with Gasteiger partial charge in [0.1, 0.15) is 5.75 Å². The van der Waals surface area contributed by atoms with E-state index < -0.39 is 0 Å². The van der Waals surface area contributed by atoms with Crippen LogP contribution in [-0.2, 0) is 6.42 Å². The molecule has 30 heavy (non-hydrogen) atoms. The van der Waals surface area contributed by atoms with Crippen LogP contribution in [0.3, 0.4) is 0 Å². The number of nitrogens with one attached hydrogen (secondary N) is 2. The van der Waals surface area contributed by atoms with Gasteiger partial charge in [-0.25, -0.2) is 0 Å². The summed E-state index contributed by atoms with van der Waals surface area (Å²) in [6.07, 6.45) is 3.14. The van der Waals surface area contributed by atoms with Crippen LogP contribution in [0.15, 0.2) is 53.5 Å². The van der Waals surface area contributed by atoms with E-state index in [2.05, 4.69) is 77.9 Å². The number of benzene rings is 2. The maximum Gasteiger partial charge on any atom is 0.191 e. The summed E-state index contributed by atoms with van der Waals surface area (Å²) in [6, 6.07) is 17.5. The van der Waals surface area contributed by atoms with E-state index in [0.29, 0.717) is 6.04 Å². The lowest BCUT2D eigenvalue weighted by Crippen LogP contribution is -2.48. The first-order valence-corrected chi connectivity index (χ1v) is 10.7. The third-order valence-electron chi connectivity index (χ3n) is 5.44. The normalized spacial score (nSPS) is 14.8. The predicted octanol–water partition coefficient (Wildman–Crippen LogP) is 4.39. The van der Waals surface area contributed by atoms with Crippen LogP contribution in [0.5, 0.6) is 5.75 Å². The molecule has 0 bridgehead atoms. The number of methoxy groups -OCH3 is 1. The van der Waals surface area contributed by atoms with Gasteiger partial charge in [-0.2, -0.15) is 0 Å². The molecular weight excluding hydrogens is 487 g/mol. The highest BCUT2D eigenvalue weighted by atomic mass is 127. The van der Waals surface area contributed by atoms with Crippen LogP contribution in [0, 0.1) is 6.92 Å². The van der Waals surface area contributed by atoms with Crippen LogP contribution in [0.25, 0.3) is 0 Å². The van der Waals surface area contributed by atoms with Crippen molar-refractivity contribution in [3.8, 4) is 5.75 Å². The summed E-state index contributed by atoms with van der Waals surface area (Å²) in [7, 11) is 1.72. The van der Waals surface area contributed by atoms with Crippen LogP contribution in [0.4, 0.5) is 5.69 Å². The van der Waals surface area contributed by atoms with E-state index in [0.717, 1.165) is 62.7 Å². The summed E-state index contributed by atoms with van der Waals surface area (Å²) in [6.45, 7) is 7.95. The standard InChI is InChI=1S/C24H34N4O.HI/c1-4-25-24(26-15-12-20-11-10-19(2)23(18-20)29-3)27-21-13-16-28(17-14-21)22-8-6-5-7-9-22;/h5-11,18,21H,4,12-17H2,1-3H3,(H2,25,26,27);1H. The Morgan fingerprint density at radius 1 is 1.13 bits per heavy atom. The molecule has 2 aromatic rings. The summed E-state index contributed by atoms with van der Waals surface area (Å²) < 4.78 is 5.43. The van der Waals surface area contributed by atoms with Crippen molar-refractivity contribution < 1.29 is 4.74 Å². The molecule has 2 N–H and O–H groups in total. The van der Waals surface area contributed by atoms with Crippen molar-refractivity contribution in [3.63, 3.8) is 0 Å². The van der Waals surface area contributed by atoms with E-state index in [1.54, 1.807) is 7.11 Å². The molecule has 1 aliphatic heterocycles. The van der Waals surface area contributed by atoms with E-state index in [9.17, 15) is 0 Å². The van der Waals surface area contributed by atoms with Gasteiger partial charge in [0.25, 0.3) is 0 Å². The van der Waals surface area contributed by atoms with Gasteiger partial charge in [0.05, 0.1) is 7.11 Å². The zero-order valence-electron chi connectivity index (χ0n) is 18.4. The molecule has 0 aliphatic carbocycles. The van der Waals surface area contributed by atoms with Crippen molar-refractivity contribution in [1.82, 2.24) is 10.6 Å². The predicted molar refractivity (Wildman–Crippen MR) is 138 cm³/mol. The van der Waals surface area contributed by atoms with Gasteiger partial charge in [-0.3, -0.25) is 4.99 Å². The summed E-state index contributed by atoms with van der Waals surface area (Å²) >= 11 is 0. The smallest absolute Gasteiger partial charge is 0.191 e. The fraction of sp³-hybridized carbons (Fsp3) is 0.458. The zero-order chi connectivity index (χ0) is 20.5. The van der Waals surface area contributed by atoms with Gasteiger partial charge < -0.3 is 20.3 Å². The van der Waals surface area contributed by atoms with E-state index >= 15 is 0 Å². The molecule has 2 aromatic carbocycles. The van der Waals surface area contributed by atoms with Gasteiger partial charge in [-0.05, 0) is 62.4 Å². The first-order chi connectivity index (χ1) is 14.2. The minimum absolute atomic E-state index is 0. The van der Waals surface area contributed by atoms with E-state index in [4.69, 9.17) is 9.73 Å². The molecule has 3 rings (SSSR count). The maximum absolute atomic E-state index is 5.43. The molecule has 0 spiro atoms. The minimum Gasteiger partial charge on any atom is -0.496 e. The lowest BCUT2D eigenvalue weighted by atomic mass is 10.0. The Hall–Kier alpha value is -1.96. The number of halogens is 1. The van der Waals surface area contributed by atoms with Crippen LogP contribution in [0.2, 0.25) is 0 Å². The largest absolute Gasteiger partial charge is 0.496 e.